The lowest BCUT2D eigenvalue weighted by Gasteiger charge is -2.48. The van der Waals surface area contributed by atoms with Crippen LogP contribution in [0.1, 0.15) is 37.8 Å². The number of nitrogens with one attached hydrogen (secondary N) is 1. The summed E-state index contributed by atoms with van der Waals surface area (Å²) in [5.74, 6) is -0.415. The van der Waals surface area contributed by atoms with E-state index in [4.69, 9.17) is 9.72 Å². The molecule has 2 aromatic carbocycles. The van der Waals surface area contributed by atoms with Crippen molar-refractivity contribution < 1.29 is 13.9 Å². The minimum Gasteiger partial charge on any atom is -0.484 e. The third-order valence-electron chi connectivity index (χ3n) is 8.91. The monoisotopic (exact) mass is 592 g/mol. The number of amides is 1. The van der Waals surface area contributed by atoms with Crippen molar-refractivity contribution in [2.45, 2.75) is 45.7 Å². The normalized spacial score (nSPS) is 18.0. The van der Waals surface area contributed by atoms with Gasteiger partial charge >= 0.3 is 5.56 Å². The van der Waals surface area contributed by atoms with Crippen molar-refractivity contribution in [3.63, 3.8) is 0 Å². The Hall–Kier alpha value is -4.99. The van der Waals surface area contributed by atoms with Gasteiger partial charge in [-0.1, -0.05) is 44.7 Å². The number of aryl methyl sites for hydroxylation is 1. The maximum Gasteiger partial charge on any atom is 0.301 e. The Morgan fingerprint density at radius 2 is 1.98 bits per heavy atom. The fourth-order valence-corrected chi connectivity index (χ4v) is 6.74. The molecule has 3 aromatic heterocycles. The van der Waals surface area contributed by atoms with Crippen LogP contribution in [-0.2, 0) is 4.79 Å². The number of para-hydroxylation sites is 1. The van der Waals surface area contributed by atoms with E-state index in [2.05, 4.69) is 35.5 Å². The lowest BCUT2D eigenvalue weighted by Crippen LogP contribution is -2.62. The van der Waals surface area contributed by atoms with Gasteiger partial charge in [-0.3, -0.25) is 19.3 Å². The Bertz CT molecular complexity index is 2050. The number of hydrogen-bond donors (Lipinski definition) is 1. The molecular weight excluding hydrogens is 559 g/mol. The van der Waals surface area contributed by atoms with Gasteiger partial charge in [0.1, 0.15) is 18.1 Å². The standard InChI is InChI=1S/C34H33FN6O3/c1-6-28(42)39-16-21-17-44-32-31(40(21)15-20(39)5)23-13-25(35)30(29-19(4)11-12-26-24(29)14-36-38-26)37-33(23)41(34(32)43)27-10-8-7-9-22(27)18(2)3/h6-14,18,20-21H,1,15-17H2,2-5H3,(H,36,38). The van der Waals surface area contributed by atoms with Gasteiger partial charge in [0.05, 0.1) is 29.1 Å². The number of piperazine rings is 1. The van der Waals surface area contributed by atoms with E-state index in [0.717, 1.165) is 22.0 Å². The lowest BCUT2D eigenvalue weighted by atomic mass is 9.98. The maximum atomic E-state index is 16.4. The zero-order valence-electron chi connectivity index (χ0n) is 25.1. The second-order valence-corrected chi connectivity index (χ2v) is 12.0. The second kappa shape index (κ2) is 10.3. The van der Waals surface area contributed by atoms with Gasteiger partial charge in [0.25, 0.3) is 0 Å². The van der Waals surface area contributed by atoms with Gasteiger partial charge in [-0.25, -0.2) is 9.37 Å². The van der Waals surface area contributed by atoms with E-state index >= 15 is 4.39 Å². The fourth-order valence-electron chi connectivity index (χ4n) is 6.74. The average Bonchev–Trinajstić information content (AvgIpc) is 3.49. The van der Waals surface area contributed by atoms with Crippen LogP contribution < -0.4 is 15.2 Å². The molecule has 224 valence electrons. The summed E-state index contributed by atoms with van der Waals surface area (Å²) in [5, 5.41) is 8.35. The number of ether oxygens (including phenoxy) is 1. The zero-order valence-corrected chi connectivity index (χ0v) is 25.1. The number of pyridine rings is 2. The molecule has 1 fully saturated rings. The van der Waals surface area contributed by atoms with Gasteiger partial charge in [0.15, 0.2) is 5.65 Å². The minimum atomic E-state index is -0.519. The van der Waals surface area contributed by atoms with Crippen molar-refractivity contribution in [2.24, 2.45) is 0 Å². The summed E-state index contributed by atoms with van der Waals surface area (Å²) in [5.41, 5.74) is 4.45. The van der Waals surface area contributed by atoms with E-state index in [1.807, 2.05) is 50.2 Å². The highest BCUT2D eigenvalue weighted by Crippen LogP contribution is 2.42. The molecule has 0 spiro atoms. The Kier molecular flexibility index (Phi) is 6.53. The van der Waals surface area contributed by atoms with Crippen LogP contribution in [0.5, 0.6) is 5.75 Å². The van der Waals surface area contributed by atoms with Crippen molar-refractivity contribution in [3.8, 4) is 22.7 Å². The molecule has 5 heterocycles. The predicted octanol–water partition coefficient (Wildman–Crippen LogP) is 5.48. The number of carbonyl (C=O) groups excluding carboxylic acids is 1. The largest absolute Gasteiger partial charge is 0.484 e. The average molecular weight is 593 g/mol. The molecule has 10 heteroatoms. The fraction of sp³-hybridized carbons (Fsp3) is 0.294. The molecule has 5 aromatic rings. The van der Waals surface area contributed by atoms with Gasteiger partial charge < -0.3 is 14.5 Å². The molecule has 0 bridgehead atoms. The summed E-state index contributed by atoms with van der Waals surface area (Å²) in [6.07, 6.45) is 2.98. The third kappa shape index (κ3) is 4.11. The van der Waals surface area contributed by atoms with E-state index in [1.54, 1.807) is 15.7 Å². The Morgan fingerprint density at radius 1 is 1.18 bits per heavy atom. The summed E-state index contributed by atoms with van der Waals surface area (Å²) in [7, 11) is 0. The van der Waals surface area contributed by atoms with E-state index in [0.29, 0.717) is 41.1 Å². The molecule has 1 N–H and O–H groups in total. The Labute approximate surface area is 253 Å². The number of nitrogens with zero attached hydrogens (tertiary/aromatic N) is 5. The number of aromatic amines is 1. The number of carbonyl (C=O) groups is 1. The predicted molar refractivity (Wildman–Crippen MR) is 169 cm³/mol. The molecule has 2 aliphatic rings. The zero-order chi connectivity index (χ0) is 30.9. The van der Waals surface area contributed by atoms with Crippen molar-refractivity contribution in [1.82, 2.24) is 24.6 Å². The van der Waals surface area contributed by atoms with Gasteiger partial charge in [-0.2, -0.15) is 5.10 Å². The summed E-state index contributed by atoms with van der Waals surface area (Å²) in [4.78, 5) is 36.0. The number of halogens is 1. The van der Waals surface area contributed by atoms with Crippen molar-refractivity contribution in [3.05, 3.63) is 88.6 Å². The molecular formula is C34H33FN6O3. The molecule has 2 unspecified atom stereocenters. The first-order chi connectivity index (χ1) is 21.2. The minimum absolute atomic E-state index is 0.104. The number of aromatic nitrogens is 4. The number of fused-ring (bicyclic) bond motifs is 6. The summed E-state index contributed by atoms with van der Waals surface area (Å²) >= 11 is 0. The number of hydrogen-bond acceptors (Lipinski definition) is 6. The lowest BCUT2D eigenvalue weighted by molar-refractivity contribution is -0.129. The molecule has 9 nitrogen and oxygen atoms in total. The first-order valence-electron chi connectivity index (χ1n) is 14.8. The summed E-state index contributed by atoms with van der Waals surface area (Å²) < 4.78 is 24.2. The van der Waals surface area contributed by atoms with Gasteiger partial charge in [0.2, 0.25) is 11.7 Å². The van der Waals surface area contributed by atoms with Crippen LogP contribution in [0.25, 0.3) is 38.9 Å². The van der Waals surface area contributed by atoms with E-state index in [1.165, 1.54) is 12.1 Å². The smallest absolute Gasteiger partial charge is 0.301 e. The molecule has 0 radical (unpaired) electrons. The van der Waals surface area contributed by atoms with Crippen LogP contribution in [0.15, 0.2) is 66.1 Å². The molecule has 44 heavy (non-hydrogen) atoms. The van der Waals surface area contributed by atoms with Crippen LogP contribution in [0, 0.1) is 12.7 Å². The maximum absolute atomic E-state index is 16.4. The summed E-state index contributed by atoms with van der Waals surface area (Å²) in [6, 6.07) is 12.6. The first kappa shape index (κ1) is 27.8. The van der Waals surface area contributed by atoms with Crippen LogP contribution in [0.4, 0.5) is 10.1 Å². The van der Waals surface area contributed by atoms with E-state index in [9.17, 15) is 9.59 Å². The van der Waals surface area contributed by atoms with Crippen molar-refractivity contribution in [1.29, 1.82) is 0 Å². The van der Waals surface area contributed by atoms with Crippen LogP contribution in [-0.4, -0.2) is 62.3 Å². The van der Waals surface area contributed by atoms with Crippen molar-refractivity contribution in [2.75, 3.05) is 24.6 Å². The molecule has 2 aliphatic heterocycles. The highest BCUT2D eigenvalue weighted by atomic mass is 19.1. The van der Waals surface area contributed by atoms with Crippen LogP contribution in [0.2, 0.25) is 0 Å². The van der Waals surface area contributed by atoms with E-state index in [-0.39, 0.29) is 47.5 Å². The number of benzene rings is 2. The van der Waals surface area contributed by atoms with Crippen LogP contribution >= 0.6 is 0 Å². The molecule has 1 amide bonds. The molecule has 2 atom stereocenters. The highest BCUT2D eigenvalue weighted by molar-refractivity contribution is 6.00. The highest BCUT2D eigenvalue weighted by Gasteiger charge is 2.40. The first-order valence-corrected chi connectivity index (χ1v) is 14.8. The van der Waals surface area contributed by atoms with E-state index < -0.39 is 5.82 Å². The molecule has 0 saturated carbocycles. The third-order valence-corrected chi connectivity index (χ3v) is 8.91. The number of H-pyrrole nitrogens is 1. The van der Waals surface area contributed by atoms with Crippen LogP contribution in [0.3, 0.4) is 0 Å². The molecule has 7 rings (SSSR count). The summed E-state index contributed by atoms with van der Waals surface area (Å²) in [6.45, 7) is 12.7. The van der Waals surface area contributed by atoms with Gasteiger partial charge in [0, 0.05) is 35.5 Å². The quantitative estimate of drug-likeness (QED) is 0.278. The molecule has 1 saturated heterocycles. The second-order valence-electron chi connectivity index (χ2n) is 12.0. The topological polar surface area (TPSA) is 96.3 Å². The SMILES string of the molecule is C=CC(=O)N1CC2COc3c(c4cc(F)c(-c5c(C)ccc6[nH]ncc56)nc4n(-c4ccccc4C(C)C)c3=O)N2CC1C. The van der Waals surface area contributed by atoms with Gasteiger partial charge in [-0.05, 0) is 55.2 Å². The Balaban J connectivity index is 1.55. The number of rotatable bonds is 4. The Morgan fingerprint density at radius 3 is 2.75 bits per heavy atom. The van der Waals surface area contributed by atoms with Gasteiger partial charge in [-0.15, -0.1) is 0 Å². The molecule has 0 aliphatic carbocycles. The van der Waals surface area contributed by atoms with Crippen molar-refractivity contribution >= 4 is 33.5 Å². The number of anilines is 1.